The first-order chi connectivity index (χ1) is 12.2. The van der Waals surface area contributed by atoms with E-state index in [9.17, 15) is 0 Å². The third-order valence-electron chi connectivity index (χ3n) is 7.38. The molecule has 0 saturated heterocycles. The third kappa shape index (κ3) is 2.65. The van der Waals surface area contributed by atoms with E-state index in [2.05, 4.69) is 77.9 Å². The van der Waals surface area contributed by atoms with Gasteiger partial charge in [-0.1, -0.05) is 71.0 Å². The van der Waals surface area contributed by atoms with Gasteiger partial charge in [-0.3, -0.25) is 0 Å². The summed E-state index contributed by atoms with van der Waals surface area (Å²) < 4.78 is 0. The third-order valence-corrected chi connectivity index (χ3v) is 7.38. The Morgan fingerprint density at radius 1 is 0.731 bits per heavy atom. The van der Waals surface area contributed by atoms with Crippen LogP contribution in [-0.4, -0.2) is 0 Å². The fraction of sp³-hybridized carbons (Fsp3) is 0.538. The molecule has 0 heteroatoms. The molecule has 0 heterocycles. The molecule has 2 aliphatic carbocycles. The van der Waals surface area contributed by atoms with E-state index in [1.54, 1.807) is 16.7 Å². The van der Waals surface area contributed by atoms with Gasteiger partial charge in [0.15, 0.2) is 0 Å². The highest BCUT2D eigenvalue weighted by molar-refractivity contribution is 5.55. The molecule has 0 amide bonds. The first kappa shape index (κ1) is 17.8. The molecule has 0 aromatic heterocycles. The minimum atomic E-state index is 0.267. The maximum absolute atomic E-state index is 2.60. The van der Waals surface area contributed by atoms with E-state index in [1.807, 2.05) is 0 Å². The topological polar surface area (TPSA) is 0 Å². The Morgan fingerprint density at radius 2 is 1.27 bits per heavy atom. The Morgan fingerprint density at radius 3 is 1.77 bits per heavy atom. The summed E-state index contributed by atoms with van der Waals surface area (Å²) in [5, 5.41) is 0. The Balaban J connectivity index is 1.85. The number of hydrogen-bond donors (Lipinski definition) is 0. The van der Waals surface area contributed by atoms with Crippen LogP contribution in [0.3, 0.4) is 0 Å². The van der Waals surface area contributed by atoms with Crippen molar-refractivity contribution in [2.45, 2.75) is 89.9 Å². The fourth-order valence-corrected chi connectivity index (χ4v) is 5.14. The van der Waals surface area contributed by atoms with Crippen molar-refractivity contribution < 1.29 is 0 Å². The summed E-state index contributed by atoms with van der Waals surface area (Å²) in [6.07, 6.45) is 6.28. The Kier molecular flexibility index (Phi) is 3.92. The van der Waals surface area contributed by atoms with Gasteiger partial charge in [-0.25, -0.2) is 0 Å². The quantitative estimate of drug-likeness (QED) is 0.562. The van der Waals surface area contributed by atoms with Gasteiger partial charge < -0.3 is 0 Å². The molecule has 1 fully saturated rings. The van der Waals surface area contributed by atoms with Gasteiger partial charge >= 0.3 is 0 Å². The van der Waals surface area contributed by atoms with E-state index in [1.165, 1.54) is 42.4 Å². The van der Waals surface area contributed by atoms with Gasteiger partial charge in [0, 0.05) is 5.41 Å². The van der Waals surface area contributed by atoms with E-state index < -0.39 is 0 Å². The van der Waals surface area contributed by atoms with Gasteiger partial charge in [-0.2, -0.15) is 0 Å². The standard InChI is InChI=1S/C26H34/c1-7-19-8-10-20(11-9-19)26(14-15-26)21-17-23-22(16-18(21)2)24(3,4)12-13-25(23,5)6/h8-11,16-17H,7,12-15H2,1-6H3. The molecule has 0 atom stereocenters. The van der Waals surface area contributed by atoms with Crippen LogP contribution in [0.15, 0.2) is 36.4 Å². The lowest BCUT2D eigenvalue weighted by molar-refractivity contribution is 0.331. The van der Waals surface area contributed by atoms with Crippen LogP contribution >= 0.6 is 0 Å². The summed E-state index contributed by atoms with van der Waals surface area (Å²) in [6.45, 7) is 14.3. The van der Waals surface area contributed by atoms with E-state index in [0.29, 0.717) is 5.41 Å². The van der Waals surface area contributed by atoms with Crippen LogP contribution in [-0.2, 0) is 22.7 Å². The molecule has 2 aromatic rings. The predicted octanol–water partition coefficient (Wildman–Crippen LogP) is 6.99. The second-order valence-electron chi connectivity index (χ2n) is 10.1. The lowest BCUT2D eigenvalue weighted by Crippen LogP contribution is -2.34. The number of fused-ring (bicyclic) bond motifs is 1. The smallest absolute Gasteiger partial charge is 0.0206 e. The zero-order chi connectivity index (χ0) is 18.7. The van der Waals surface area contributed by atoms with Crippen molar-refractivity contribution in [3.63, 3.8) is 0 Å². The van der Waals surface area contributed by atoms with Crippen molar-refractivity contribution in [3.05, 3.63) is 69.8 Å². The molecule has 4 rings (SSSR count). The van der Waals surface area contributed by atoms with Gasteiger partial charge in [0.25, 0.3) is 0 Å². The molecule has 0 radical (unpaired) electrons. The van der Waals surface area contributed by atoms with E-state index in [-0.39, 0.29) is 10.8 Å². The molecule has 138 valence electrons. The fourth-order valence-electron chi connectivity index (χ4n) is 5.14. The zero-order valence-electron chi connectivity index (χ0n) is 17.5. The van der Waals surface area contributed by atoms with E-state index in [0.717, 1.165) is 6.42 Å². The minimum absolute atomic E-state index is 0.267. The van der Waals surface area contributed by atoms with Crippen molar-refractivity contribution in [3.8, 4) is 0 Å². The lowest BCUT2D eigenvalue weighted by Gasteiger charge is -2.43. The summed E-state index contributed by atoms with van der Waals surface area (Å²) in [4.78, 5) is 0. The van der Waals surface area contributed by atoms with Crippen LogP contribution in [0.4, 0.5) is 0 Å². The molecule has 2 aliphatic rings. The second kappa shape index (κ2) is 5.72. The van der Waals surface area contributed by atoms with Crippen molar-refractivity contribution in [2.24, 2.45) is 0 Å². The average molecular weight is 347 g/mol. The molecule has 0 nitrogen and oxygen atoms in total. The molecule has 1 saturated carbocycles. The van der Waals surface area contributed by atoms with Crippen LogP contribution in [0.5, 0.6) is 0 Å². The monoisotopic (exact) mass is 346 g/mol. The molecule has 0 unspecified atom stereocenters. The van der Waals surface area contributed by atoms with Crippen molar-refractivity contribution in [1.29, 1.82) is 0 Å². The van der Waals surface area contributed by atoms with Crippen LogP contribution in [0.25, 0.3) is 0 Å². The number of hydrogen-bond acceptors (Lipinski definition) is 0. The number of aryl methyl sites for hydroxylation is 2. The van der Waals surface area contributed by atoms with E-state index in [4.69, 9.17) is 0 Å². The summed E-state index contributed by atoms with van der Waals surface area (Å²) in [6, 6.07) is 14.6. The maximum Gasteiger partial charge on any atom is 0.0206 e. The van der Waals surface area contributed by atoms with Gasteiger partial charge in [0.05, 0.1) is 0 Å². The van der Waals surface area contributed by atoms with E-state index >= 15 is 0 Å². The Hall–Kier alpha value is -1.56. The molecule has 0 N–H and O–H groups in total. The second-order valence-corrected chi connectivity index (χ2v) is 10.1. The van der Waals surface area contributed by atoms with Crippen LogP contribution in [0.1, 0.15) is 93.7 Å². The van der Waals surface area contributed by atoms with Crippen molar-refractivity contribution in [2.75, 3.05) is 0 Å². The van der Waals surface area contributed by atoms with Gasteiger partial charge in [-0.05, 0) is 83.2 Å². The molecule has 0 bridgehead atoms. The molecule has 2 aromatic carbocycles. The molecule has 0 aliphatic heterocycles. The number of rotatable bonds is 3. The summed E-state index contributed by atoms with van der Waals surface area (Å²) >= 11 is 0. The summed E-state index contributed by atoms with van der Waals surface area (Å²) in [5.74, 6) is 0. The normalized spacial score (nSPS) is 21.9. The number of benzene rings is 2. The highest BCUT2D eigenvalue weighted by Gasteiger charge is 2.48. The molecule has 26 heavy (non-hydrogen) atoms. The maximum atomic E-state index is 2.60. The zero-order valence-corrected chi connectivity index (χ0v) is 17.5. The average Bonchev–Trinajstić information content (AvgIpc) is 3.40. The molecular formula is C26H34. The van der Waals surface area contributed by atoms with Gasteiger partial charge in [-0.15, -0.1) is 0 Å². The lowest BCUT2D eigenvalue weighted by atomic mass is 9.62. The summed E-state index contributed by atoms with van der Waals surface area (Å²) in [7, 11) is 0. The van der Waals surface area contributed by atoms with Crippen molar-refractivity contribution in [1.82, 2.24) is 0 Å². The van der Waals surface area contributed by atoms with Crippen molar-refractivity contribution >= 4 is 0 Å². The predicted molar refractivity (Wildman–Crippen MR) is 112 cm³/mol. The first-order valence-corrected chi connectivity index (χ1v) is 10.5. The van der Waals surface area contributed by atoms with Gasteiger partial charge in [0.1, 0.15) is 0 Å². The van der Waals surface area contributed by atoms with Crippen LogP contribution < -0.4 is 0 Å². The minimum Gasteiger partial charge on any atom is -0.0613 e. The highest BCUT2D eigenvalue weighted by atomic mass is 14.5. The Bertz CT molecular complexity index is 829. The summed E-state index contributed by atoms with van der Waals surface area (Å²) in [5.41, 5.74) is 10.1. The first-order valence-electron chi connectivity index (χ1n) is 10.5. The molecule has 0 spiro atoms. The molecular weight excluding hydrogens is 312 g/mol. The highest BCUT2D eigenvalue weighted by Crippen LogP contribution is 2.56. The van der Waals surface area contributed by atoms with Crippen LogP contribution in [0.2, 0.25) is 0 Å². The van der Waals surface area contributed by atoms with Gasteiger partial charge in [0.2, 0.25) is 0 Å². The largest absolute Gasteiger partial charge is 0.0613 e. The SMILES string of the molecule is CCc1ccc(C2(c3cc4c(cc3C)C(C)(C)CCC4(C)C)CC2)cc1. The Labute approximate surface area is 160 Å². The van der Waals surface area contributed by atoms with Crippen LogP contribution in [0, 0.1) is 6.92 Å².